The Balaban J connectivity index is 1.61. The minimum absolute atomic E-state index is 0.455. The van der Waals surface area contributed by atoms with Crippen LogP contribution in [0.3, 0.4) is 0 Å². The van der Waals surface area contributed by atoms with E-state index < -0.39 is 0 Å². The number of aliphatic imine (C=N–C) groups is 1. The molecule has 8 nitrogen and oxygen atoms in total. The highest BCUT2D eigenvalue weighted by Crippen LogP contribution is 2.28. The SMILES string of the molecule is CN=CC(=C(C)N)c1cnc2ccc(Nc3cc(C4CCOCC4)cnn3)nc2c1. The number of pyridine rings is 2. The monoisotopic (exact) mass is 403 g/mol. The Morgan fingerprint density at radius 2 is 2.00 bits per heavy atom. The maximum atomic E-state index is 6.01. The number of nitrogens with one attached hydrogen (secondary N) is 1. The largest absolute Gasteiger partial charge is 0.402 e. The van der Waals surface area contributed by atoms with Gasteiger partial charge in [0.1, 0.15) is 5.82 Å². The summed E-state index contributed by atoms with van der Waals surface area (Å²) < 4.78 is 5.46. The number of allylic oxidation sites excluding steroid dienone is 2. The Morgan fingerprint density at radius 3 is 2.77 bits per heavy atom. The van der Waals surface area contributed by atoms with E-state index in [-0.39, 0.29) is 0 Å². The van der Waals surface area contributed by atoms with Crippen LogP contribution < -0.4 is 11.1 Å². The number of nitrogens with zero attached hydrogens (tertiary/aromatic N) is 5. The summed E-state index contributed by atoms with van der Waals surface area (Å²) >= 11 is 0. The van der Waals surface area contributed by atoms with E-state index in [2.05, 4.69) is 25.5 Å². The Hall–Kier alpha value is -3.39. The van der Waals surface area contributed by atoms with Gasteiger partial charge in [-0.25, -0.2) is 4.98 Å². The Morgan fingerprint density at radius 1 is 1.17 bits per heavy atom. The molecule has 3 N–H and O–H groups in total. The summed E-state index contributed by atoms with van der Waals surface area (Å²) in [6, 6.07) is 7.82. The van der Waals surface area contributed by atoms with Gasteiger partial charge >= 0.3 is 0 Å². The van der Waals surface area contributed by atoms with Crippen molar-refractivity contribution in [3.8, 4) is 0 Å². The Bertz CT molecular complexity index is 1100. The second-order valence-electron chi connectivity index (χ2n) is 7.33. The molecule has 1 aliphatic rings. The first-order chi connectivity index (χ1) is 14.6. The van der Waals surface area contributed by atoms with Crippen molar-refractivity contribution in [2.75, 3.05) is 25.6 Å². The molecule has 0 bridgehead atoms. The molecule has 0 unspecified atom stereocenters. The average Bonchev–Trinajstić information content (AvgIpc) is 2.77. The van der Waals surface area contributed by atoms with Crippen LogP contribution in [0.1, 0.15) is 36.8 Å². The third kappa shape index (κ3) is 4.44. The molecule has 0 aromatic carbocycles. The zero-order valence-corrected chi connectivity index (χ0v) is 17.2. The zero-order valence-electron chi connectivity index (χ0n) is 17.2. The number of hydrogen-bond donors (Lipinski definition) is 2. The summed E-state index contributed by atoms with van der Waals surface area (Å²) in [4.78, 5) is 13.3. The zero-order chi connectivity index (χ0) is 20.9. The minimum atomic E-state index is 0.455. The molecule has 154 valence electrons. The molecule has 4 rings (SSSR count). The molecule has 0 amide bonds. The molecule has 3 aromatic rings. The van der Waals surface area contributed by atoms with Gasteiger partial charge in [0.15, 0.2) is 5.82 Å². The van der Waals surface area contributed by atoms with Crippen LogP contribution in [0.25, 0.3) is 16.6 Å². The van der Waals surface area contributed by atoms with Crippen molar-refractivity contribution in [1.29, 1.82) is 0 Å². The Labute approximate surface area is 175 Å². The number of hydrogen-bond acceptors (Lipinski definition) is 8. The van der Waals surface area contributed by atoms with E-state index >= 15 is 0 Å². The van der Waals surface area contributed by atoms with Crippen molar-refractivity contribution in [3.05, 3.63) is 53.5 Å². The van der Waals surface area contributed by atoms with Gasteiger partial charge in [-0.1, -0.05) is 0 Å². The molecule has 0 spiro atoms. The molecule has 4 heterocycles. The molecule has 8 heteroatoms. The first-order valence-corrected chi connectivity index (χ1v) is 9.97. The van der Waals surface area contributed by atoms with Crippen LogP contribution in [0.4, 0.5) is 11.6 Å². The quantitative estimate of drug-likeness (QED) is 0.628. The molecule has 1 aliphatic heterocycles. The fraction of sp³-hybridized carbons (Fsp3) is 0.318. The lowest BCUT2D eigenvalue weighted by Crippen LogP contribution is -2.14. The predicted octanol–water partition coefficient (Wildman–Crippen LogP) is 3.45. The summed E-state index contributed by atoms with van der Waals surface area (Å²) in [5.74, 6) is 1.81. The number of anilines is 2. The topological polar surface area (TPSA) is 111 Å². The summed E-state index contributed by atoms with van der Waals surface area (Å²) in [6.07, 6.45) is 7.37. The van der Waals surface area contributed by atoms with Crippen molar-refractivity contribution >= 4 is 34.5 Å². The van der Waals surface area contributed by atoms with Crippen molar-refractivity contribution in [2.24, 2.45) is 10.7 Å². The van der Waals surface area contributed by atoms with E-state index in [4.69, 9.17) is 15.5 Å². The molecule has 0 aliphatic carbocycles. The van der Waals surface area contributed by atoms with E-state index in [1.54, 1.807) is 19.5 Å². The molecule has 0 radical (unpaired) electrons. The van der Waals surface area contributed by atoms with E-state index in [9.17, 15) is 0 Å². The second kappa shape index (κ2) is 8.96. The lowest BCUT2D eigenvalue weighted by atomic mass is 9.93. The van der Waals surface area contributed by atoms with Crippen molar-refractivity contribution in [2.45, 2.75) is 25.7 Å². The number of fused-ring (bicyclic) bond motifs is 1. The molecule has 30 heavy (non-hydrogen) atoms. The normalized spacial score (nSPS) is 16.1. The fourth-order valence-electron chi connectivity index (χ4n) is 3.58. The summed E-state index contributed by atoms with van der Waals surface area (Å²) in [5.41, 5.74) is 11.1. The number of nitrogens with two attached hydrogens (primary N) is 1. The van der Waals surface area contributed by atoms with E-state index in [0.29, 0.717) is 23.3 Å². The molecule has 0 saturated carbocycles. The third-order valence-corrected chi connectivity index (χ3v) is 5.16. The van der Waals surface area contributed by atoms with Crippen LogP contribution in [-0.4, -0.2) is 46.6 Å². The maximum absolute atomic E-state index is 6.01. The van der Waals surface area contributed by atoms with Crippen LogP contribution in [0, 0.1) is 0 Å². The standard InChI is InChI=1S/C22H25N7O/c1-14(23)18(13-24-2)17-9-20-19(25-11-17)3-4-21(27-20)28-22-10-16(12-26-29-22)15-5-7-30-8-6-15/h3-4,9-13,15H,5-8,23H2,1-2H3,(H,27,28,29). The van der Waals surface area contributed by atoms with E-state index in [1.807, 2.05) is 37.4 Å². The van der Waals surface area contributed by atoms with Crippen LogP contribution in [0.15, 0.2) is 47.3 Å². The fourth-order valence-corrected chi connectivity index (χ4v) is 3.58. The van der Waals surface area contributed by atoms with Crippen LogP contribution in [-0.2, 0) is 4.74 Å². The number of rotatable bonds is 5. The Kier molecular flexibility index (Phi) is 5.94. The van der Waals surface area contributed by atoms with Gasteiger partial charge in [-0.3, -0.25) is 9.98 Å². The van der Waals surface area contributed by atoms with Gasteiger partial charge in [-0.05, 0) is 55.5 Å². The van der Waals surface area contributed by atoms with Gasteiger partial charge in [0.25, 0.3) is 0 Å². The summed E-state index contributed by atoms with van der Waals surface area (Å²) in [6.45, 7) is 3.42. The first kappa shape index (κ1) is 19.9. The minimum Gasteiger partial charge on any atom is -0.402 e. The van der Waals surface area contributed by atoms with Gasteiger partial charge in [0, 0.05) is 49.5 Å². The lowest BCUT2D eigenvalue weighted by Gasteiger charge is -2.22. The summed E-state index contributed by atoms with van der Waals surface area (Å²) in [7, 11) is 1.72. The van der Waals surface area contributed by atoms with Crippen LogP contribution >= 0.6 is 0 Å². The van der Waals surface area contributed by atoms with Crippen molar-refractivity contribution in [1.82, 2.24) is 20.2 Å². The van der Waals surface area contributed by atoms with E-state index in [0.717, 1.165) is 48.2 Å². The molecule has 1 fully saturated rings. The number of aromatic nitrogens is 4. The highest BCUT2D eigenvalue weighted by atomic mass is 16.5. The number of ether oxygens (including phenoxy) is 1. The van der Waals surface area contributed by atoms with E-state index in [1.165, 1.54) is 5.56 Å². The molecule has 1 saturated heterocycles. The third-order valence-electron chi connectivity index (χ3n) is 5.16. The van der Waals surface area contributed by atoms with Crippen LogP contribution in [0.2, 0.25) is 0 Å². The predicted molar refractivity (Wildman–Crippen MR) is 119 cm³/mol. The van der Waals surface area contributed by atoms with Gasteiger partial charge in [-0.2, -0.15) is 5.10 Å². The van der Waals surface area contributed by atoms with Gasteiger partial charge in [0.05, 0.1) is 17.2 Å². The van der Waals surface area contributed by atoms with Crippen LogP contribution in [0.5, 0.6) is 0 Å². The van der Waals surface area contributed by atoms with Gasteiger partial charge in [-0.15, -0.1) is 5.10 Å². The molecule has 3 aromatic heterocycles. The second-order valence-corrected chi connectivity index (χ2v) is 7.33. The maximum Gasteiger partial charge on any atom is 0.154 e. The smallest absolute Gasteiger partial charge is 0.154 e. The molecular weight excluding hydrogens is 378 g/mol. The lowest BCUT2D eigenvalue weighted by molar-refractivity contribution is 0.0852. The molecular formula is C22H25N7O. The highest BCUT2D eigenvalue weighted by Gasteiger charge is 2.17. The average molecular weight is 403 g/mol. The van der Waals surface area contributed by atoms with Gasteiger partial charge < -0.3 is 15.8 Å². The summed E-state index contributed by atoms with van der Waals surface area (Å²) in [5, 5.41) is 11.6. The van der Waals surface area contributed by atoms with Gasteiger partial charge in [0.2, 0.25) is 0 Å². The highest BCUT2D eigenvalue weighted by molar-refractivity contribution is 6.11. The first-order valence-electron chi connectivity index (χ1n) is 9.97. The van der Waals surface area contributed by atoms with Crippen molar-refractivity contribution < 1.29 is 4.74 Å². The van der Waals surface area contributed by atoms with Crippen molar-refractivity contribution in [3.63, 3.8) is 0 Å². The molecule has 0 atom stereocenters.